The zero-order valence-corrected chi connectivity index (χ0v) is 10.8. The predicted octanol–water partition coefficient (Wildman–Crippen LogP) is 2.45. The zero-order chi connectivity index (χ0) is 14.4. The van der Waals surface area contributed by atoms with Crippen LogP contribution in [0.1, 0.15) is 20.3 Å². The van der Waals surface area contributed by atoms with E-state index in [0.717, 1.165) is 6.07 Å². The van der Waals surface area contributed by atoms with Crippen LogP contribution in [0.25, 0.3) is 0 Å². The molecular formula is C13H17FN2O3. The smallest absolute Gasteiger partial charge is 0.326 e. The molecule has 104 valence electrons. The minimum absolute atomic E-state index is 0.198. The van der Waals surface area contributed by atoms with Gasteiger partial charge in [0.25, 0.3) is 0 Å². The number of halogens is 1. The summed E-state index contributed by atoms with van der Waals surface area (Å²) in [7, 11) is 0. The van der Waals surface area contributed by atoms with Crippen molar-refractivity contribution >= 4 is 17.7 Å². The van der Waals surface area contributed by atoms with Crippen molar-refractivity contribution in [3.63, 3.8) is 0 Å². The quantitative estimate of drug-likeness (QED) is 0.767. The molecule has 1 aromatic rings. The Kier molecular flexibility index (Phi) is 5.29. The molecule has 0 bridgehead atoms. The highest BCUT2D eigenvalue weighted by atomic mass is 19.1. The Morgan fingerprint density at radius 2 is 2.11 bits per heavy atom. The van der Waals surface area contributed by atoms with Crippen LogP contribution >= 0.6 is 0 Å². The summed E-state index contributed by atoms with van der Waals surface area (Å²) in [5, 5.41) is 13.8. The Labute approximate surface area is 110 Å². The summed E-state index contributed by atoms with van der Waals surface area (Å²) in [6.45, 7) is 3.58. The number of carboxylic acids is 1. The third-order valence-electron chi connectivity index (χ3n) is 2.85. The average Bonchev–Trinajstić information content (AvgIpc) is 2.34. The van der Waals surface area contributed by atoms with Gasteiger partial charge in [-0.25, -0.2) is 14.0 Å². The molecule has 1 rings (SSSR count). The molecule has 0 saturated carbocycles. The van der Waals surface area contributed by atoms with Crippen molar-refractivity contribution in [2.75, 3.05) is 5.32 Å². The van der Waals surface area contributed by atoms with E-state index < -0.39 is 23.9 Å². The normalized spacial score (nSPS) is 13.4. The van der Waals surface area contributed by atoms with Crippen molar-refractivity contribution in [1.29, 1.82) is 0 Å². The highest BCUT2D eigenvalue weighted by Crippen LogP contribution is 2.11. The van der Waals surface area contributed by atoms with Gasteiger partial charge in [0.2, 0.25) is 0 Å². The van der Waals surface area contributed by atoms with Crippen LogP contribution < -0.4 is 10.6 Å². The number of nitrogens with one attached hydrogen (secondary N) is 2. The molecule has 0 aliphatic heterocycles. The SMILES string of the molecule is CCC(C)[C@H](NC(=O)Nc1cccc(F)c1)C(=O)O. The number of anilines is 1. The number of rotatable bonds is 5. The molecule has 5 nitrogen and oxygen atoms in total. The van der Waals surface area contributed by atoms with Crippen LogP contribution in [0.4, 0.5) is 14.9 Å². The van der Waals surface area contributed by atoms with Gasteiger partial charge >= 0.3 is 12.0 Å². The largest absolute Gasteiger partial charge is 0.480 e. The molecule has 0 spiro atoms. The van der Waals surface area contributed by atoms with E-state index in [-0.39, 0.29) is 11.6 Å². The molecule has 0 aliphatic carbocycles. The van der Waals surface area contributed by atoms with Crippen LogP contribution in [0.3, 0.4) is 0 Å². The lowest BCUT2D eigenvalue weighted by Crippen LogP contribution is -2.46. The number of hydrogen-bond donors (Lipinski definition) is 3. The first-order chi connectivity index (χ1) is 8.93. The summed E-state index contributed by atoms with van der Waals surface area (Å²) < 4.78 is 12.9. The van der Waals surface area contributed by atoms with Crippen LogP contribution in [0.2, 0.25) is 0 Å². The van der Waals surface area contributed by atoms with E-state index >= 15 is 0 Å². The molecule has 0 fully saturated rings. The first kappa shape index (κ1) is 14.9. The number of urea groups is 1. The second-order valence-electron chi connectivity index (χ2n) is 4.31. The monoisotopic (exact) mass is 268 g/mol. The number of carboxylic acid groups (broad SMARTS) is 1. The zero-order valence-electron chi connectivity index (χ0n) is 10.8. The molecule has 0 aromatic heterocycles. The molecule has 6 heteroatoms. The van der Waals surface area contributed by atoms with Crippen molar-refractivity contribution in [2.45, 2.75) is 26.3 Å². The topological polar surface area (TPSA) is 78.4 Å². The summed E-state index contributed by atoms with van der Waals surface area (Å²) >= 11 is 0. The van der Waals surface area contributed by atoms with Crippen LogP contribution in [0.5, 0.6) is 0 Å². The first-order valence-corrected chi connectivity index (χ1v) is 6.00. The van der Waals surface area contributed by atoms with Crippen LogP contribution in [-0.4, -0.2) is 23.1 Å². The van der Waals surface area contributed by atoms with E-state index in [1.165, 1.54) is 18.2 Å². The number of carbonyl (C=O) groups excluding carboxylic acids is 1. The number of carbonyl (C=O) groups is 2. The van der Waals surface area contributed by atoms with Gasteiger partial charge in [0.05, 0.1) is 0 Å². The third-order valence-corrected chi connectivity index (χ3v) is 2.85. The second kappa shape index (κ2) is 6.72. The van der Waals surface area contributed by atoms with Gasteiger partial charge in [-0.15, -0.1) is 0 Å². The second-order valence-corrected chi connectivity index (χ2v) is 4.31. The fourth-order valence-corrected chi connectivity index (χ4v) is 1.56. The van der Waals surface area contributed by atoms with Crippen molar-refractivity contribution in [3.8, 4) is 0 Å². The van der Waals surface area contributed by atoms with E-state index in [4.69, 9.17) is 5.11 Å². The number of aliphatic carboxylic acids is 1. The fraction of sp³-hybridized carbons (Fsp3) is 0.385. The minimum atomic E-state index is -1.09. The van der Waals surface area contributed by atoms with E-state index in [1.807, 2.05) is 6.92 Å². The molecule has 1 aromatic carbocycles. The highest BCUT2D eigenvalue weighted by molar-refractivity contribution is 5.92. The van der Waals surface area contributed by atoms with E-state index in [2.05, 4.69) is 10.6 Å². The van der Waals surface area contributed by atoms with Crippen molar-refractivity contribution in [1.82, 2.24) is 5.32 Å². The Morgan fingerprint density at radius 1 is 1.42 bits per heavy atom. The van der Waals surface area contributed by atoms with Gasteiger partial charge in [0.15, 0.2) is 0 Å². The summed E-state index contributed by atoms with van der Waals surface area (Å²) in [5.74, 6) is -1.77. The van der Waals surface area contributed by atoms with Crippen LogP contribution in [-0.2, 0) is 4.79 Å². The van der Waals surface area contributed by atoms with Gasteiger partial charge in [-0.1, -0.05) is 26.3 Å². The first-order valence-electron chi connectivity index (χ1n) is 6.00. The van der Waals surface area contributed by atoms with Gasteiger partial charge in [-0.2, -0.15) is 0 Å². The Morgan fingerprint density at radius 3 is 2.63 bits per heavy atom. The van der Waals surface area contributed by atoms with Gasteiger partial charge in [-0.05, 0) is 24.1 Å². The summed E-state index contributed by atoms with van der Waals surface area (Å²) in [6, 6.07) is 3.73. The van der Waals surface area contributed by atoms with Crippen molar-refractivity contribution < 1.29 is 19.1 Å². The lowest BCUT2D eigenvalue weighted by molar-refractivity contribution is -0.140. The molecular weight excluding hydrogens is 251 g/mol. The molecule has 0 aliphatic rings. The molecule has 1 unspecified atom stereocenters. The van der Waals surface area contributed by atoms with E-state index in [9.17, 15) is 14.0 Å². The lowest BCUT2D eigenvalue weighted by atomic mass is 9.99. The van der Waals surface area contributed by atoms with Crippen LogP contribution in [0.15, 0.2) is 24.3 Å². The van der Waals surface area contributed by atoms with Crippen LogP contribution in [0, 0.1) is 11.7 Å². The Hall–Kier alpha value is -2.11. The Bertz CT molecular complexity index is 465. The standard InChI is InChI=1S/C13H17FN2O3/c1-3-8(2)11(12(17)18)16-13(19)15-10-6-4-5-9(14)7-10/h4-8,11H,3H2,1-2H3,(H,17,18)(H2,15,16,19)/t8?,11-/m0/s1. The summed E-state index contributed by atoms with van der Waals surface area (Å²) in [4.78, 5) is 22.7. The number of amides is 2. The molecule has 3 N–H and O–H groups in total. The Balaban J connectivity index is 2.65. The van der Waals surface area contributed by atoms with E-state index in [1.54, 1.807) is 6.92 Å². The molecule has 0 radical (unpaired) electrons. The number of hydrogen-bond acceptors (Lipinski definition) is 2. The van der Waals surface area contributed by atoms with Gasteiger partial charge in [0, 0.05) is 5.69 Å². The maximum Gasteiger partial charge on any atom is 0.326 e. The van der Waals surface area contributed by atoms with Crippen molar-refractivity contribution in [2.24, 2.45) is 5.92 Å². The van der Waals surface area contributed by atoms with Gasteiger partial charge in [0.1, 0.15) is 11.9 Å². The molecule has 2 amide bonds. The molecule has 0 saturated heterocycles. The molecule has 19 heavy (non-hydrogen) atoms. The molecule has 2 atom stereocenters. The van der Waals surface area contributed by atoms with E-state index in [0.29, 0.717) is 6.42 Å². The lowest BCUT2D eigenvalue weighted by Gasteiger charge is -2.20. The van der Waals surface area contributed by atoms with Gasteiger partial charge < -0.3 is 15.7 Å². The maximum absolute atomic E-state index is 12.9. The minimum Gasteiger partial charge on any atom is -0.480 e. The summed E-state index contributed by atoms with van der Waals surface area (Å²) in [6.07, 6.45) is 0.622. The van der Waals surface area contributed by atoms with Crippen molar-refractivity contribution in [3.05, 3.63) is 30.1 Å². The third kappa shape index (κ3) is 4.57. The summed E-state index contributed by atoms with van der Waals surface area (Å²) in [5.41, 5.74) is 0.269. The highest BCUT2D eigenvalue weighted by Gasteiger charge is 2.25. The molecule has 0 heterocycles. The predicted molar refractivity (Wildman–Crippen MR) is 69.4 cm³/mol. The average molecular weight is 268 g/mol. The van der Waals surface area contributed by atoms with Gasteiger partial charge in [-0.3, -0.25) is 0 Å². The number of benzene rings is 1. The maximum atomic E-state index is 12.9. The fourth-order valence-electron chi connectivity index (χ4n) is 1.56.